The van der Waals surface area contributed by atoms with E-state index < -0.39 is 0 Å². The average Bonchev–Trinajstić information content (AvgIpc) is 2.90. The summed E-state index contributed by atoms with van der Waals surface area (Å²) in [6, 6.07) is 6.27. The zero-order chi connectivity index (χ0) is 16.4. The van der Waals surface area contributed by atoms with Gasteiger partial charge in [0.1, 0.15) is 0 Å². The lowest BCUT2D eigenvalue weighted by atomic mass is 9.65. The van der Waals surface area contributed by atoms with Gasteiger partial charge in [-0.05, 0) is 49.1 Å². The van der Waals surface area contributed by atoms with E-state index in [2.05, 4.69) is 30.8 Å². The molecule has 0 N–H and O–H groups in total. The van der Waals surface area contributed by atoms with Crippen LogP contribution in [0.25, 0.3) is 5.52 Å². The highest BCUT2D eigenvalue weighted by Gasteiger charge is 2.51. The van der Waals surface area contributed by atoms with Gasteiger partial charge in [-0.1, -0.05) is 26.8 Å². The van der Waals surface area contributed by atoms with E-state index >= 15 is 0 Å². The monoisotopic (exact) mass is 311 g/mol. The third-order valence-corrected chi connectivity index (χ3v) is 5.60. The second-order valence-corrected chi connectivity index (χ2v) is 8.64. The van der Waals surface area contributed by atoms with E-state index in [0.717, 1.165) is 36.2 Å². The number of aromatic nitrogens is 2. The summed E-state index contributed by atoms with van der Waals surface area (Å²) < 4.78 is 1.82. The topological polar surface area (TPSA) is 37.6 Å². The van der Waals surface area contributed by atoms with Crippen LogP contribution < -0.4 is 0 Å². The van der Waals surface area contributed by atoms with Crippen molar-refractivity contribution in [2.75, 3.05) is 6.54 Å². The summed E-state index contributed by atoms with van der Waals surface area (Å²) in [6.07, 6.45) is 5.35. The maximum absolute atomic E-state index is 13.3. The molecule has 1 aliphatic carbocycles. The molecule has 122 valence electrons. The maximum Gasteiger partial charge on any atom is 0.258 e. The van der Waals surface area contributed by atoms with Gasteiger partial charge in [0.2, 0.25) is 0 Å². The maximum atomic E-state index is 13.3. The minimum absolute atomic E-state index is 0.162. The summed E-state index contributed by atoms with van der Waals surface area (Å²) in [5.74, 6) is 0.162. The van der Waals surface area contributed by atoms with Gasteiger partial charge in [0.05, 0.1) is 16.8 Å². The number of likely N-dealkylation sites (tertiary alicyclic amines) is 1. The van der Waals surface area contributed by atoms with Gasteiger partial charge < -0.3 is 4.90 Å². The molecule has 2 unspecified atom stereocenters. The fourth-order valence-corrected chi connectivity index (χ4v) is 5.22. The Kier molecular flexibility index (Phi) is 2.94. The summed E-state index contributed by atoms with van der Waals surface area (Å²) in [4.78, 5) is 15.4. The highest BCUT2D eigenvalue weighted by Crippen LogP contribution is 2.52. The van der Waals surface area contributed by atoms with Crippen molar-refractivity contribution in [3.63, 3.8) is 0 Å². The molecular weight excluding hydrogens is 286 g/mol. The fraction of sp³-hybridized carbons (Fsp3) is 0.579. The Morgan fingerprint density at radius 3 is 2.83 bits per heavy atom. The van der Waals surface area contributed by atoms with Crippen molar-refractivity contribution in [2.24, 2.45) is 10.8 Å². The van der Waals surface area contributed by atoms with Crippen LogP contribution in [0.4, 0.5) is 0 Å². The van der Waals surface area contributed by atoms with Gasteiger partial charge in [-0.3, -0.25) is 4.79 Å². The first-order chi connectivity index (χ1) is 10.8. The first-order valence-corrected chi connectivity index (χ1v) is 8.53. The number of nitrogens with zero attached hydrogens (tertiary/aromatic N) is 3. The minimum Gasteiger partial charge on any atom is -0.335 e. The van der Waals surface area contributed by atoms with Crippen molar-refractivity contribution in [1.82, 2.24) is 14.5 Å². The number of fused-ring (bicyclic) bond motifs is 3. The second kappa shape index (κ2) is 4.59. The molecule has 1 saturated heterocycles. The van der Waals surface area contributed by atoms with Crippen molar-refractivity contribution in [2.45, 2.75) is 53.0 Å². The highest BCUT2D eigenvalue weighted by atomic mass is 16.2. The first-order valence-electron chi connectivity index (χ1n) is 8.53. The van der Waals surface area contributed by atoms with Gasteiger partial charge in [0.25, 0.3) is 5.91 Å². The van der Waals surface area contributed by atoms with Crippen LogP contribution in [-0.2, 0) is 0 Å². The Morgan fingerprint density at radius 1 is 1.26 bits per heavy atom. The molecule has 1 saturated carbocycles. The molecule has 1 aliphatic heterocycles. The molecule has 2 aromatic rings. The fourth-order valence-electron chi connectivity index (χ4n) is 5.22. The largest absolute Gasteiger partial charge is 0.335 e. The molecule has 4 heteroatoms. The number of carbonyl (C=O) groups is 1. The van der Waals surface area contributed by atoms with Gasteiger partial charge in [0.15, 0.2) is 0 Å². The molecule has 2 aliphatic rings. The summed E-state index contributed by atoms with van der Waals surface area (Å²) in [7, 11) is 0. The Bertz CT molecular complexity index is 791. The van der Waals surface area contributed by atoms with Crippen molar-refractivity contribution in [3.8, 4) is 0 Å². The number of aryl methyl sites for hydroxylation is 1. The molecule has 4 rings (SSSR count). The molecule has 2 aromatic heterocycles. The van der Waals surface area contributed by atoms with E-state index in [1.807, 2.05) is 35.8 Å². The Morgan fingerprint density at radius 2 is 2.04 bits per heavy atom. The lowest BCUT2D eigenvalue weighted by molar-refractivity contribution is 0.0709. The van der Waals surface area contributed by atoms with Crippen LogP contribution in [0.15, 0.2) is 24.4 Å². The van der Waals surface area contributed by atoms with Crippen molar-refractivity contribution in [1.29, 1.82) is 0 Å². The van der Waals surface area contributed by atoms with Gasteiger partial charge in [-0.25, -0.2) is 4.52 Å². The molecule has 4 nitrogen and oxygen atoms in total. The van der Waals surface area contributed by atoms with Crippen LogP contribution in [-0.4, -0.2) is 33.0 Å². The number of hydrogen-bond acceptors (Lipinski definition) is 2. The average molecular weight is 311 g/mol. The molecule has 2 bridgehead atoms. The normalized spacial score (nSPS) is 29.2. The SMILES string of the molecule is Cc1nn2ccccc2c1C(=O)N1CC2(C)CC1CC(C)(C)C2. The van der Waals surface area contributed by atoms with Crippen LogP contribution in [0.1, 0.15) is 56.1 Å². The minimum atomic E-state index is 0.162. The quantitative estimate of drug-likeness (QED) is 0.805. The van der Waals surface area contributed by atoms with Gasteiger partial charge in [-0.2, -0.15) is 5.10 Å². The van der Waals surface area contributed by atoms with E-state index in [0.29, 0.717) is 11.5 Å². The molecule has 23 heavy (non-hydrogen) atoms. The van der Waals surface area contributed by atoms with E-state index in [1.54, 1.807) is 0 Å². The zero-order valence-corrected chi connectivity index (χ0v) is 14.5. The molecule has 2 atom stereocenters. The Labute approximate surface area is 137 Å². The van der Waals surface area contributed by atoms with Crippen molar-refractivity contribution in [3.05, 3.63) is 35.7 Å². The molecule has 1 amide bonds. The summed E-state index contributed by atoms with van der Waals surface area (Å²) in [5, 5.41) is 4.51. The van der Waals surface area contributed by atoms with Gasteiger partial charge in [0, 0.05) is 18.8 Å². The van der Waals surface area contributed by atoms with Crippen LogP contribution in [0.2, 0.25) is 0 Å². The summed E-state index contributed by atoms with van der Waals surface area (Å²) in [5.41, 5.74) is 3.11. The van der Waals surface area contributed by atoms with E-state index in [4.69, 9.17) is 0 Å². The first kappa shape index (κ1) is 14.7. The molecule has 2 fully saturated rings. The molecule has 0 aromatic carbocycles. The second-order valence-electron chi connectivity index (χ2n) is 8.64. The third-order valence-electron chi connectivity index (χ3n) is 5.60. The van der Waals surface area contributed by atoms with Crippen LogP contribution in [0, 0.1) is 17.8 Å². The molecule has 0 radical (unpaired) electrons. The van der Waals surface area contributed by atoms with Crippen LogP contribution in [0.3, 0.4) is 0 Å². The number of rotatable bonds is 1. The van der Waals surface area contributed by atoms with Crippen molar-refractivity contribution >= 4 is 11.4 Å². The van der Waals surface area contributed by atoms with Gasteiger partial charge in [-0.15, -0.1) is 0 Å². The van der Waals surface area contributed by atoms with Crippen molar-refractivity contribution < 1.29 is 4.79 Å². The van der Waals surface area contributed by atoms with Gasteiger partial charge >= 0.3 is 0 Å². The Hall–Kier alpha value is -1.84. The smallest absolute Gasteiger partial charge is 0.258 e. The summed E-state index contributed by atoms with van der Waals surface area (Å²) in [6.45, 7) is 9.84. The lowest BCUT2D eigenvalue weighted by Crippen LogP contribution is -2.37. The van der Waals surface area contributed by atoms with E-state index in [9.17, 15) is 4.79 Å². The molecule has 0 spiro atoms. The van der Waals surface area contributed by atoms with Crippen LogP contribution in [0.5, 0.6) is 0 Å². The Balaban J connectivity index is 1.74. The molecule has 3 heterocycles. The number of pyridine rings is 1. The van der Waals surface area contributed by atoms with Crippen LogP contribution >= 0.6 is 0 Å². The van der Waals surface area contributed by atoms with E-state index in [-0.39, 0.29) is 11.3 Å². The standard InChI is InChI=1S/C19H25N3O/c1-13-16(15-7-5-6-8-22(15)20-13)17(23)21-12-19(4)10-14(21)9-18(2,3)11-19/h5-8,14H,9-12H2,1-4H3. The zero-order valence-electron chi connectivity index (χ0n) is 14.5. The predicted molar refractivity (Wildman–Crippen MR) is 90.5 cm³/mol. The predicted octanol–water partition coefficient (Wildman–Crippen LogP) is 3.68. The third kappa shape index (κ3) is 2.27. The lowest BCUT2D eigenvalue weighted by Gasteiger charge is -2.39. The number of amides is 1. The number of hydrogen-bond donors (Lipinski definition) is 0. The van der Waals surface area contributed by atoms with E-state index in [1.165, 1.54) is 6.42 Å². The highest BCUT2D eigenvalue weighted by molar-refractivity contribution is 6.02. The molecular formula is C19H25N3O. The number of carbonyl (C=O) groups excluding carboxylic acids is 1. The summed E-state index contributed by atoms with van der Waals surface area (Å²) >= 11 is 0.